The lowest BCUT2D eigenvalue weighted by molar-refractivity contribution is 0.0169. The van der Waals surface area contributed by atoms with Crippen molar-refractivity contribution in [1.82, 2.24) is 4.90 Å². The fourth-order valence-electron chi connectivity index (χ4n) is 5.06. The Bertz CT molecular complexity index is 1000. The predicted octanol–water partition coefficient (Wildman–Crippen LogP) is 4.59. The van der Waals surface area contributed by atoms with Crippen molar-refractivity contribution in [2.45, 2.75) is 24.3 Å². The van der Waals surface area contributed by atoms with E-state index in [1.54, 1.807) is 19.1 Å². The number of amides is 1. The van der Waals surface area contributed by atoms with E-state index in [0.717, 1.165) is 41.0 Å². The molecule has 172 valence electrons. The predicted molar refractivity (Wildman–Crippen MR) is 126 cm³/mol. The van der Waals surface area contributed by atoms with Gasteiger partial charge in [0.2, 0.25) is 0 Å². The van der Waals surface area contributed by atoms with Crippen molar-refractivity contribution in [3.05, 3.63) is 95.6 Å². The molecule has 0 aliphatic carbocycles. The van der Waals surface area contributed by atoms with Gasteiger partial charge in [-0.05, 0) is 53.8 Å². The van der Waals surface area contributed by atoms with Crippen LogP contribution in [0.3, 0.4) is 0 Å². The molecule has 0 aromatic heterocycles. The van der Waals surface area contributed by atoms with E-state index in [4.69, 9.17) is 14.2 Å². The number of nitrogens with zero attached hydrogens (tertiary/aromatic N) is 1. The van der Waals surface area contributed by atoms with Gasteiger partial charge in [-0.3, -0.25) is 0 Å². The summed E-state index contributed by atoms with van der Waals surface area (Å²) in [5, 5.41) is 9.26. The highest BCUT2D eigenvalue weighted by molar-refractivity contribution is 5.70. The van der Waals surface area contributed by atoms with E-state index in [2.05, 4.69) is 36.4 Å². The van der Waals surface area contributed by atoms with Crippen LogP contribution >= 0.6 is 0 Å². The van der Waals surface area contributed by atoms with E-state index in [-0.39, 0.29) is 6.04 Å². The minimum absolute atomic E-state index is 0.222. The third-order valence-electron chi connectivity index (χ3n) is 6.50. The van der Waals surface area contributed by atoms with Crippen LogP contribution in [0.2, 0.25) is 0 Å². The zero-order valence-electron chi connectivity index (χ0n) is 18.9. The third kappa shape index (κ3) is 4.14. The first-order chi connectivity index (χ1) is 16.1. The highest BCUT2D eigenvalue weighted by Crippen LogP contribution is 2.48. The van der Waals surface area contributed by atoms with Crippen molar-refractivity contribution < 1.29 is 24.1 Å². The molecule has 0 radical (unpaired) electrons. The van der Waals surface area contributed by atoms with Crippen LogP contribution in [0.1, 0.15) is 29.5 Å². The fraction of sp³-hybridized carbons (Fsp3) is 0.296. The molecule has 1 saturated heterocycles. The number of carbonyl (C=O) groups excluding carboxylic acids is 1. The fourth-order valence-corrected chi connectivity index (χ4v) is 5.06. The van der Waals surface area contributed by atoms with E-state index in [9.17, 15) is 9.90 Å². The van der Waals surface area contributed by atoms with Gasteiger partial charge in [0.1, 0.15) is 11.5 Å². The molecule has 1 fully saturated rings. The van der Waals surface area contributed by atoms with Crippen LogP contribution in [0, 0.1) is 0 Å². The molecule has 6 heteroatoms. The molecule has 1 atom stereocenters. The Kier molecular flexibility index (Phi) is 6.84. The number of hydrogen-bond acceptors (Lipinski definition) is 5. The monoisotopic (exact) mass is 447 g/mol. The van der Waals surface area contributed by atoms with Crippen molar-refractivity contribution in [3.63, 3.8) is 0 Å². The van der Waals surface area contributed by atoms with E-state index in [1.165, 1.54) is 0 Å². The Morgan fingerprint density at radius 3 is 1.88 bits per heavy atom. The van der Waals surface area contributed by atoms with Gasteiger partial charge in [0.25, 0.3) is 0 Å². The number of aliphatic hydroxyl groups excluding tert-OH is 1. The molecule has 1 aliphatic heterocycles. The summed E-state index contributed by atoms with van der Waals surface area (Å²) in [7, 11) is 3.29. The van der Waals surface area contributed by atoms with Gasteiger partial charge in [-0.15, -0.1) is 0 Å². The summed E-state index contributed by atoms with van der Waals surface area (Å²) in [5.41, 5.74) is 2.46. The number of benzene rings is 3. The second kappa shape index (κ2) is 9.96. The number of aliphatic hydroxyl groups is 1. The number of rotatable bonds is 7. The second-order valence-corrected chi connectivity index (χ2v) is 8.02. The second-order valence-electron chi connectivity index (χ2n) is 8.02. The first-order valence-corrected chi connectivity index (χ1v) is 11.0. The summed E-state index contributed by atoms with van der Waals surface area (Å²) in [4.78, 5) is 14.6. The number of methoxy groups -OCH3 is 2. The molecule has 3 aromatic rings. The number of hydrogen-bond donors (Lipinski definition) is 1. The molecule has 1 amide bonds. The number of likely N-dealkylation sites (tertiary alicyclic amines) is 1. The third-order valence-corrected chi connectivity index (χ3v) is 6.50. The van der Waals surface area contributed by atoms with Crippen LogP contribution < -0.4 is 9.47 Å². The molecule has 6 nitrogen and oxygen atoms in total. The molecule has 1 aliphatic rings. The molecule has 1 N–H and O–H groups in total. The van der Waals surface area contributed by atoms with E-state index < -0.39 is 18.3 Å². The summed E-state index contributed by atoms with van der Waals surface area (Å²) in [5.74, 6) is 1.52. The first kappa shape index (κ1) is 22.7. The lowest BCUT2D eigenvalue weighted by Gasteiger charge is -2.44. The van der Waals surface area contributed by atoms with Crippen LogP contribution in [0.25, 0.3) is 0 Å². The summed E-state index contributed by atoms with van der Waals surface area (Å²) in [6.07, 6.45) is 1.11. The minimum atomic E-state index is -0.676. The first-order valence-electron chi connectivity index (χ1n) is 11.0. The van der Waals surface area contributed by atoms with Gasteiger partial charge in [0, 0.05) is 6.54 Å². The van der Waals surface area contributed by atoms with E-state index in [1.807, 2.05) is 42.5 Å². The van der Waals surface area contributed by atoms with Crippen LogP contribution in [0.4, 0.5) is 4.79 Å². The lowest BCUT2D eigenvalue weighted by Crippen LogP contribution is -2.51. The average molecular weight is 448 g/mol. The van der Waals surface area contributed by atoms with Crippen LogP contribution in [-0.4, -0.2) is 49.7 Å². The molecule has 4 rings (SSSR count). The largest absolute Gasteiger partial charge is 0.497 e. The van der Waals surface area contributed by atoms with Crippen molar-refractivity contribution in [3.8, 4) is 11.5 Å². The van der Waals surface area contributed by atoms with Gasteiger partial charge >= 0.3 is 6.09 Å². The highest BCUT2D eigenvalue weighted by atomic mass is 16.6. The van der Waals surface area contributed by atoms with Gasteiger partial charge < -0.3 is 24.2 Å². The van der Waals surface area contributed by atoms with Crippen molar-refractivity contribution in [2.75, 3.05) is 27.6 Å². The average Bonchev–Trinajstić information content (AvgIpc) is 3.36. The van der Waals surface area contributed by atoms with Gasteiger partial charge in [-0.25, -0.2) is 4.79 Å². The zero-order chi connectivity index (χ0) is 23.3. The highest BCUT2D eigenvalue weighted by Gasteiger charge is 2.50. The Morgan fingerprint density at radius 1 is 0.879 bits per heavy atom. The van der Waals surface area contributed by atoms with Crippen LogP contribution in [0.5, 0.6) is 11.5 Å². The summed E-state index contributed by atoms with van der Waals surface area (Å²) in [6.45, 7) is -0.0874. The van der Waals surface area contributed by atoms with Crippen LogP contribution in [-0.2, 0) is 10.2 Å². The van der Waals surface area contributed by atoms with Gasteiger partial charge in [0.15, 0.2) is 6.79 Å². The summed E-state index contributed by atoms with van der Waals surface area (Å²) >= 11 is 0. The van der Waals surface area contributed by atoms with Gasteiger partial charge in [-0.1, -0.05) is 54.6 Å². The minimum Gasteiger partial charge on any atom is -0.497 e. The molecule has 0 bridgehead atoms. The number of carbonyl (C=O) groups is 1. The maximum atomic E-state index is 12.9. The van der Waals surface area contributed by atoms with Crippen molar-refractivity contribution >= 4 is 6.09 Å². The molecule has 0 saturated carbocycles. The quantitative estimate of drug-likeness (QED) is 0.424. The van der Waals surface area contributed by atoms with E-state index in [0.29, 0.717) is 6.54 Å². The zero-order valence-corrected chi connectivity index (χ0v) is 18.9. The normalized spacial score (nSPS) is 15.8. The molecule has 0 spiro atoms. The Hall–Kier alpha value is -3.51. The van der Waals surface area contributed by atoms with Gasteiger partial charge in [-0.2, -0.15) is 0 Å². The smallest absolute Gasteiger partial charge is 0.412 e. The SMILES string of the molecule is COc1ccc(C(c2ccccc2)(c2ccc(OC)cc2)[C@@H]2CCCN2C(=O)OCO)cc1. The maximum Gasteiger partial charge on any atom is 0.412 e. The topological polar surface area (TPSA) is 68.2 Å². The Labute approximate surface area is 194 Å². The summed E-state index contributed by atoms with van der Waals surface area (Å²) in [6, 6.07) is 26.0. The molecular weight excluding hydrogens is 418 g/mol. The van der Waals surface area contributed by atoms with Crippen molar-refractivity contribution in [2.24, 2.45) is 0 Å². The maximum absolute atomic E-state index is 12.9. The van der Waals surface area contributed by atoms with Crippen LogP contribution in [0.15, 0.2) is 78.9 Å². The molecule has 1 heterocycles. The van der Waals surface area contributed by atoms with E-state index >= 15 is 0 Å². The molecular formula is C27H29NO5. The number of ether oxygens (including phenoxy) is 3. The van der Waals surface area contributed by atoms with Gasteiger partial charge in [0.05, 0.1) is 25.7 Å². The lowest BCUT2D eigenvalue weighted by atomic mass is 9.64. The Balaban J connectivity index is 2.00. The molecule has 33 heavy (non-hydrogen) atoms. The van der Waals surface area contributed by atoms with Crippen molar-refractivity contribution in [1.29, 1.82) is 0 Å². The molecule has 0 unspecified atom stereocenters. The Morgan fingerprint density at radius 2 is 1.39 bits per heavy atom. The summed E-state index contributed by atoms with van der Waals surface area (Å²) < 4.78 is 15.9. The standard InChI is InChI=1S/C27H29NO5/c1-31-23-14-10-21(11-15-23)27(20-7-4-3-5-8-20,22-12-16-24(32-2)17-13-22)25-9-6-18-28(25)26(30)33-19-29/h3-5,7-8,10-17,25,29H,6,9,18-19H2,1-2H3/t25-/m0/s1. The molecule has 3 aromatic carbocycles.